The van der Waals surface area contributed by atoms with Gasteiger partial charge < -0.3 is 10.2 Å². The first-order chi connectivity index (χ1) is 9.32. The van der Waals surface area contributed by atoms with Gasteiger partial charge in [0.1, 0.15) is 10.7 Å². The molecule has 0 bridgehead atoms. The van der Waals surface area contributed by atoms with Crippen molar-refractivity contribution in [2.24, 2.45) is 0 Å². The molecule has 0 saturated heterocycles. The first kappa shape index (κ1) is 15.1. The van der Waals surface area contributed by atoms with Gasteiger partial charge in [0.15, 0.2) is 0 Å². The van der Waals surface area contributed by atoms with Gasteiger partial charge in [-0.2, -0.15) is 4.31 Å². The van der Waals surface area contributed by atoms with Crippen molar-refractivity contribution in [3.8, 4) is 0 Å². The number of benzene rings is 1. The number of hydrogen-bond acceptors (Lipinski definition) is 4. The maximum Gasteiger partial charge on any atom is 0.245 e. The minimum absolute atomic E-state index is 0.101. The highest BCUT2D eigenvalue weighted by Gasteiger charge is 2.24. The number of halogens is 1. The second kappa shape index (κ2) is 5.59. The summed E-state index contributed by atoms with van der Waals surface area (Å²) in [4.78, 5) is 0.101. The fraction of sp³-hybridized carbons (Fsp3) is 0.231. The maximum atomic E-state index is 12.5. The highest BCUT2D eigenvalue weighted by Crippen LogP contribution is 2.26. The molecule has 2 aromatic rings. The minimum atomic E-state index is -3.63. The Hall–Kier alpha value is -1.31. The molecule has 1 aromatic carbocycles. The molecule has 0 aliphatic carbocycles. The van der Waals surface area contributed by atoms with E-state index in [4.69, 9.17) is 10.2 Å². The fourth-order valence-corrected chi connectivity index (χ4v) is 3.44. The summed E-state index contributed by atoms with van der Waals surface area (Å²) >= 11 is 3.26. The first-order valence-electron chi connectivity index (χ1n) is 5.86. The van der Waals surface area contributed by atoms with E-state index in [2.05, 4.69) is 15.9 Å². The Balaban J connectivity index is 2.32. The zero-order chi connectivity index (χ0) is 14.9. The molecule has 0 amide bonds. The summed E-state index contributed by atoms with van der Waals surface area (Å²) in [5.41, 5.74) is 6.84. The van der Waals surface area contributed by atoms with Crippen molar-refractivity contribution in [1.29, 1.82) is 0 Å². The van der Waals surface area contributed by atoms with Gasteiger partial charge in [0.2, 0.25) is 10.0 Å². The molecule has 0 radical (unpaired) electrons. The molecule has 0 spiro atoms. The molecule has 0 aliphatic heterocycles. The molecule has 0 unspecified atom stereocenters. The van der Waals surface area contributed by atoms with Crippen LogP contribution in [0, 0.1) is 6.92 Å². The van der Waals surface area contributed by atoms with Gasteiger partial charge in [-0.1, -0.05) is 15.9 Å². The standard InChI is InChI=1S/C13H15BrN2O3S/c1-9-10(5-6-19-9)8-16(2)20(17,18)13-4-3-11(14)7-12(13)15/h3-7H,8,15H2,1-2H3. The van der Waals surface area contributed by atoms with Gasteiger partial charge >= 0.3 is 0 Å². The summed E-state index contributed by atoms with van der Waals surface area (Å²) in [6.45, 7) is 2.03. The normalized spacial score (nSPS) is 12.0. The number of furan rings is 1. The van der Waals surface area contributed by atoms with E-state index in [9.17, 15) is 8.42 Å². The molecule has 108 valence electrons. The number of hydrogen-bond donors (Lipinski definition) is 1. The van der Waals surface area contributed by atoms with Crippen molar-refractivity contribution in [3.05, 3.63) is 46.3 Å². The predicted octanol–water partition coefficient (Wildman–Crippen LogP) is 2.75. The quantitative estimate of drug-likeness (QED) is 0.852. The zero-order valence-corrected chi connectivity index (χ0v) is 13.5. The van der Waals surface area contributed by atoms with Gasteiger partial charge in [0.05, 0.1) is 12.0 Å². The van der Waals surface area contributed by atoms with Crippen LogP contribution in [0.2, 0.25) is 0 Å². The zero-order valence-electron chi connectivity index (χ0n) is 11.1. The van der Waals surface area contributed by atoms with Crippen LogP contribution in [0.15, 0.2) is 44.3 Å². The molecule has 1 aromatic heterocycles. The van der Waals surface area contributed by atoms with E-state index in [1.54, 1.807) is 31.4 Å². The van der Waals surface area contributed by atoms with Crippen molar-refractivity contribution in [1.82, 2.24) is 4.31 Å². The van der Waals surface area contributed by atoms with Crippen LogP contribution in [0.3, 0.4) is 0 Å². The van der Waals surface area contributed by atoms with E-state index in [0.29, 0.717) is 5.76 Å². The highest BCUT2D eigenvalue weighted by atomic mass is 79.9. The van der Waals surface area contributed by atoms with Crippen molar-refractivity contribution in [2.45, 2.75) is 18.4 Å². The van der Waals surface area contributed by atoms with Gasteiger partial charge in [0.25, 0.3) is 0 Å². The van der Waals surface area contributed by atoms with Gasteiger partial charge in [-0.15, -0.1) is 0 Å². The summed E-state index contributed by atoms with van der Waals surface area (Å²) in [5.74, 6) is 0.704. The van der Waals surface area contributed by atoms with Gasteiger partial charge in [-0.05, 0) is 31.2 Å². The van der Waals surface area contributed by atoms with E-state index in [1.165, 1.54) is 17.4 Å². The predicted molar refractivity (Wildman–Crippen MR) is 80.7 cm³/mol. The lowest BCUT2D eigenvalue weighted by Gasteiger charge is -2.18. The maximum absolute atomic E-state index is 12.5. The second-order valence-electron chi connectivity index (χ2n) is 4.45. The molecule has 0 atom stereocenters. The number of anilines is 1. The van der Waals surface area contributed by atoms with Gasteiger partial charge in [-0.3, -0.25) is 0 Å². The monoisotopic (exact) mass is 358 g/mol. The molecular weight excluding hydrogens is 344 g/mol. The number of nitrogens with two attached hydrogens (primary N) is 1. The Labute approximate surface area is 126 Å². The van der Waals surface area contributed by atoms with E-state index in [1.807, 2.05) is 0 Å². The Morgan fingerprint density at radius 1 is 1.35 bits per heavy atom. The Morgan fingerprint density at radius 3 is 2.60 bits per heavy atom. The van der Waals surface area contributed by atoms with Crippen LogP contribution in [0.25, 0.3) is 0 Å². The van der Waals surface area contributed by atoms with Crippen molar-refractivity contribution >= 4 is 31.6 Å². The molecule has 1 heterocycles. The molecule has 0 aliphatic rings. The molecular formula is C13H15BrN2O3S. The molecule has 7 heteroatoms. The van der Waals surface area contributed by atoms with E-state index in [-0.39, 0.29) is 17.1 Å². The summed E-state index contributed by atoms with van der Waals surface area (Å²) < 4.78 is 32.2. The first-order valence-corrected chi connectivity index (χ1v) is 8.10. The number of aryl methyl sites for hydroxylation is 1. The summed E-state index contributed by atoms with van der Waals surface area (Å²) in [6, 6.07) is 6.48. The van der Waals surface area contributed by atoms with Crippen LogP contribution < -0.4 is 5.73 Å². The molecule has 2 N–H and O–H groups in total. The van der Waals surface area contributed by atoms with Crippen molar-refractivity contribution in [2.75, 3.05) is 12.8 Å². The molecule has 0 saturated carbocycles. The van der Waals surface area contributed by atoms with Crippen LogP contribution in [0.1, 0.15) is 11.3 Å². The van der Waals surface area contributed by atoms with Crippen molar-refractivity contribution in [3.63, 3.8) is 0 Å². The van der Waals surface area contributed by atoms with Crippen LogP contribution in [0.5, 0.6) is 0 Å². The lowest BCUT2D eigenvalue weighted by Crippen LogP contribution is -2.27. The van der Waals surface area contributed by atoms with Crippen molar-refractivity contribution < 1.29 is 12.8 Å². The third kappa shape index (κ3) is 2.89. The van der Waals surface area contributed by atoms with E-state index in [0.717, 1.165) is 10.0 Å². The van der Waals surface area contributed by atoms with Crippen LogP contribution in [0.4, 0.5) is 5.69 Å². The number of sulfonamides is 1. The summed E-state index contributed by atoms with van der Waals surface area (Å²) in [6.07, 6.45) is 1.54. The molecule has 0 fully saturated rings. The Morgan fingerprint density at radius 2 is 2.05 bits per heavy atom. The van der Waals surface area contributed by atoms with E-state index < -0.39 is 10.0 Å². The Bertz CT molecular complexity index is 725. The Kier molecular flexibility index (Phi) is 4.22. The second-order valence-corrected chi connectivity index (χ2v) is 7.37. The topological polar surface area (TPSA) is 76.5 Å². The van der Waals surface area contributed by atoms with Crippen LogP contribution in [-0.4, -0.2) is 19.8 Å². The van der Waals surface area contributed by atoms with E-state index >= 15 is 0 Å². The highest BCUT2D eigenvalue weighted by molar-refractivity contribution is 9.10. The molecule has 5 nitrogen and oxygen atoms in total. The van der Waals surface area contributed by atoms with Crippen LogP contribution >= 0.6 is 15.9 Å². The average molecular weight is 359 g/mol. The third-order valence-corrected chi connectivity index (χ3v) is 5.39. The number of nitrogen functional groups attached to an aromatic ring is 1. The average Bonchev–Trinajstić information content (AvgIpc) is 2.74. The smallest absolute Gasteiger partial charge is 0.245 e. The van der Waals surface area contributed by atoms with Gasteiger partial charge in [0, 0.05) is 23.6 Å². The summed E-state index contributed by atoms with van der Waals surface area (Å²) in [7, 11) is -2.12. The number of nitrogens with zero attached hydrogens (tertiary/aromatic N) is 1. The van der Waals surface area contributed by atoms with Crippen LogP contribution in [-0.2, 0) is 16.6 Å². The lowest BCUT2D eigenvalue weighted by molar-refractivity contribution is 0.459. The minimum Gasteiger partial charge on any atom is -0.469 e. The van der Waals surface area contributed by atoms with Gasteiger partial charge in [-0.25, -0.2) is 8.42 Å². The largest absolute Gasteiger partial charge is 0.469 e. The third-order valence-electron chi connectivity index (χ3n) is 3.02. The lowest BCUT2D eigenvalue weighted by atomic mass is 10.3. The fourth-order valence-electron chi connectivity index (χ4n) is 1.82. The molecule has 2 rings (SSSR count). The molecule has 20 heavy (non-hydrogen) atoms. The summed E-state index contributed by atoms with van der Waals surface area (Å²) in [5, 5.41) is 0. The SMILES string of the molecule is Cc1occc1CN(C)S(=O)(=O)c1ccc(Br)cc1N. The number of rotatable bonds is 4.